The molecule has 0 bridgehead atoms. The van der Waals surface area contributed by atoms with E-state index in [9.17, 15) is 5.11 Å². The van der Waals surface area contributed by atoms with Crippen LogP contribution in [0.2, 0.25) is 0 Å². The summed E-state index contributed by atoms with van der Waals surface area (Å²) in [6.07, 6.45) is 4.26. The molecule has 0 unspecified atom stereocenters. The van der Waals surface area contributed by atoms with Crippen LogP contribution in [0.25, 0.3) is 0 Å². The van der Waals surface area contributed by atoms with Gasteiger partial charge in [-0.1, -0.05) is 0 Å². The molecule has 2 aliphatic heterocycles. The molecule has 0 aliphatic carbocycles. The Morgan fingerprint density at radius 3 is 2.56 bits per heavy atom. The maximum atomic E-state index is 9.53. The molecule has 2 N–H and O–H groups in total. The highest BCUT2D eigenvalue weighted by Crippen LogP contribution is 2.22. The molecule has 2 saturated heterocycles. The molecule has 0 radical (unpaired) electrons. The Bertz CT molecular complexity index is 271. The molecule has 0 atom stereocenters. The monoisotopic (exact) mass is 271 g/mol. The van der Waals surface area contributed by atoms with Crippen LogP contribution >= 0.6 is 11.8 Å². The highest BCUT2D eigenvalue weighted by Gasteiger charge is 2.20. The number of hydrogen-bond acceptors (Lipinski definition) is 3. The van der Waals surface area contributed by atoms with Gasteiger partial charge in [-0.15, -0.1) is 0 Å². The molecule has 18 heavy (non-hydrogen) atoms. The topological polar surface area (TPSA) is 47.9 Å². The van der Waals surface area contributed by atoms with Gasteiger partial charge in [0.1, 0.15) is 0 Å². The molecule has 0 aromatic carbocycles. The van der Waals surface area contributed by atoms with E-state index in [-0.39, 0.29) is 6.10 Å². The Hall–Kier alpha value is -0.420. The van der Waals surface area contributed by atoms with E-state index in [0.29, 0.717) is 0 Å². The Kier molecular flexibility index (Phi) is 5.63. The number of aliphatic hydroxyl groups is 1. The number of hydrogen-bond donors (Lipinski definition) is 2. The first kappa shape index (κ1) is 14.0. The van der Waals surface area contributed by atoms with E-state index in [2.05, 4.69) is 27.0 Å². The average Bonchev–Trinajstić information content (AvgIpc) is 2.42. The van der Waals surface area contributed by atoms with Crippen LogP contribution in [0.5, 0.6) is 0 Å². The number of piperidine rings is 1. The second kappa shape index (κ2) is 7.24. The Morgan fingerprint density at radius 2 is 1.94 bits per heavy atom. The molecule has 0 aromatic rings. The van der Waals surface area contributed by atoms with Gasteiger partial charge in [0.15, 0.2) is 5.96 Å². The van der Waals surface area contributed by atoms with Crippen molar-refractivity contribution in [3.8, 4) is 0 Å². The number of guanidine groups is 1. The summed E-state index contributed by atoms with van der Waals surface area (Å²) >= 11 is 2.07. The zero-order chi connectivity index (χ0) is 12.8. The van der Waals surface area contributed by atoms with Gasteiger partial charge in [0.05, 0.1) is 6.10 Å². The quantitative estimate of drug-likeness (QED) is 0.584. The molecule has 0 spiro atoms. The first-order valence-electron chi connectivity index (χ1n) is 7.01. The predicted molar refractivity (Wildman–Crippen MR) is 78.2 cm³/mol. The van der Waals surface area contributed by atoms with Gasteiger partial charge in [-0.3, -0.25) is 4.99 Å². The van der Waals surface area contributed by atoms with Crippen LogP contribution in [-0.4, -0.2) is 60.3 Å². The van der Waals surface area contributed by atoms with E-state index in [1.54, 1.807) is 0 Å². The maximum Gasteiger partial charge on any atom is 0.193 e. The van der Waals surface area contributed by atoms with Gasteiger partial charge in [-0.05, 0) is 43.1 Å². The molecule has 0 saturated carbocycles. The lowest BCUT2D eigenvalue weighted by Gasteiger charge is -2.33. The number of thioether (sulfide) groups is 1. The largest absolute Gasteiger partial charge is 0.393 e. The summed E-state index contributed by atoms with van der Waals surface area (Å²) in [5.41, 5.74) is 0. The highest BCUT2D eigenvalue weighted by atomic mass is 32.2. The number of nitrogens with one attached hydrogen (secondary N) is 1. The molecule has 104 valence electrons. The lowest BCUT2D eigenvalue weighted by Crippen LogP contribution is -2.47. The van der Waals surface area contributed by atoms with Gasteiger partial charge in [0.25, 0.3) is 0 Å². The molecular formula is C13H25N3OS. The third kappa shape index (κ3) is 4.05. The minimum Gasteiger partial charge on any atom is -0.393 e. The number of likely N-dealkylation sites (tertiary alicyclic amines) is 1. The van der Waals surface area contributed by atoms with Gasteiger partial charge in [0.2, 0.25) is 0 Å². The van der Waals surface area contributed by atoms with E-state index in [0.717, 1.165) is 44.4 Å². The third-order valence-corrected chi connectivity index (χ3v) is 4.91. The normalized spacial score (nSPS) is 24.3. The molecular weight excluding hydrogens is 246 g/mol. The van der Waals surface area contributed by atoms with Crippen molar-refractivity contribution in [2.45, 2.75) is 31.8 Å². The summed E-state index contributed by atoms with van der Waals surface area (Å²) in [7, 11) is 1.85. The fourth-order valence-corrected chi connectivity index (χ4v) is 3.80. The molecule has 2 fully saturated rings. The van der Waals surface area contributed by atoms with Crippen molar-refractivity contribution >= 4 is 17.7 Å². The Balaban J connectivity index is 1.75. The van der Waals surface area contributed by atoms with Crippen molar-refractivity contribution in [2.24, 2.45) is 10.9 Å². The summed E-state index contributed by atoms with van der Waals surface area (Å²) in [5.74, 6) is 4.43. The number of aliphatic imine (C=N–C) groups is 1. The zero-order valence-corrected chi connectivity index (χ0v) is 12.1. The van der Waals surface area contributed by atoms with E-state index in [1.807, 2.05) is 7.05 Å². The second-order valence-electron chi connectivity index (χ2n) is 5.20. The molecule has 2 aliphatic rings. The first-order valence-corrected chi connectivity index (χ1v) is 8.16. The van der Waals surface area contributed by atoms with Gasteiger partial charge in [0, 0.05) is 26.7 Å². The Labute approximate surface area is 114 Å². The fraction of sp³-hybridized carbons (Fsp3) is 0.923. The van der Waals surface area contributed by atoms with Crippen LogP contribution in [0.1, 0.15) is 25.7 Å². The summed E-state index contributed by atoms with van der Waals surface area (Å²) in [5, 5.41) is 13.0. The van der Waals surface area contributed by atoms with E-state index < -0.39 is 0 Å². The van der Waals surface area contributed by atoms with Crippen molar-refractivity contribution in [1.82, 2.24) is 10.2 Å². The number of aliphatic hydroxyl groups excluding tert-OH is 1. The van der Waals surface area contributed by atoms with Gasteiger partial charge < -0.3 is 15.3 Å². The van der Waals surface area contributed by atoms with Gasteiger partial charge in [-0.2, -0.15) is 11.8 Å². The zero-order valence-electron chi connectivity index (χ0n) is 11.3. The van der Waals surface area contributed by atoms with Crippen molar-refractivity contribution in [3.05, 3.63) is 0 Å². The van der Waals surface area contributed by atoms with E-state index in [1.165, 1.54) is 24.3 Å². The van der Waals surface area contributed by atoms with Crippen LogP contribution in [0.4, 0.5) is 0 Å². The van der Waals surface area contributed by atoms with Crippen LogP contribution in [0.15, 0.2) is 4.99 Å². The maximum absolute atomic E-state index is 9.53. The Morgan fingerprint density at radius 1 is 1.28 bits per heavy atom. The lowest BCUT2D eigenvalue weighted by molar-refractivity contribution is 0.108. The van der Waals surface area contributed by atoms with Crippen molar-refractivity contribution in [1.29, 1.82) is 0 Å². The molecule has 5 heteroatoms. The number of nitrogens with zero attached hydrogens (tertiary/aromatic N) is 2. The van der Waals surface area contributed by atoms with E-state index >= 15 is 0 Å². The molecule has 2 rings (SSSR count). The minimum atomic E-state index is -0.116. The van der Waals surface area contributed by atoms with Gasteiger partial charge >= 0.3 is 0 Å². The molecule has 2 heterocycles. The minimum absolute atomic E-state index is 0.116. The summed E-state index contributed by atoms with van der Waals surface area (Å²) < 4.78 is 0. The van der Waals surface area contributed by atoms with Crippen LogP contribution < -0.4 is 5.32 Å². The number of rotatable bonds is 2. The van der Waals surface area contributed by atoms with Crippen molar-refractivity contribution in [2.75, 3.05) is 38.2 Å². The summed E-state index contributed by atoms with van der Waals surface area (Å²) in [4.78, 5) is 6.63. The average molecular weight is 271 g/mol. The van der Waals surface area contributed by atoms with Crippen molar-refractivity contribution in [3.63, 3.8) is 0 Å². The van der Waals surface area contributed by atoms with Crippen LogP contribution in [0.3, 0.4) is 0 Å². The smallest absolute Gasteiger partial charge is 0.193 e. The summed E-state index contributed by atoms with van der Waals surface area (Å²) in [6, 6.07) is 0. The highest BCUT2D eigenvalue weighted by molar-refractivity contribution is 7.99. The summed E-state index contributed by atoms with van der Waals surface area (Å²) in [6.45, 7) is 2.88. The molecule has 0 aromatic heterocycles. The SMILES string of the molecule is CN=C(NCC1CCSCC1)N1CCC(O)CC1. The van der Waals surface area contributed by atoms with E-state index in [4.69, 9.17) is 0 Å². The fourth-order valence-electron chi connectivity index (χ4n) is 2.60. The standard InChI is InChI=1S/C13H25N3OS/c1-14-13(16-6-2-12(17)3-7-16)15-10-11-4-8-18-9-5-11/h11-12,17H,2-10H2,1H3,(H,14,15). The second-order valence-corrected chi connectivity index (χ2v) is 6.43. The lowest BCUT2D eigenvalue weighted by atomic mass is 10.0. The first-order chi connectivity index (χ1) is 8.79. The van der Waals surface area contributed by atoms with Crippen molar-refractivity contribution < 1.29 is 5.11 Å². The van der Waals surface area contributed by atoms with Crippen LogP contribution in [0, 0.1) is 5.92 Å². The predicted octanol–water partition coefficient (Wildman–Crippen LogP) is 1.16. The third-order valence-electron chi connectivity index (χ3n) is 3.87. The van der Waals surface area contributed by atoms with Gasteiger partial charge in [-0.25, -0.2) is 0 Å². The molecule has 4 nitrogen and oxygen atoms in total. The molecule has 0 amide bonds. The van der Waals surface area contributed by atoms with Crippen LogP contribution in [-0.2, 0) is 0 Å².